The largest absolute Gasteiger partial charge is 0.347 e. The normalized spacial score (nSPS) is 22.0. The fourth-order valence-electron chi connectivity index (χ4n) is 2.93. The quantitative estimate of drug-likeness (QED) is 0.941. The highest BCUT2D eigenvalue weighted by Crippen LogP contribution is 2.32. The van der Waals surface area contributed by atoms with Crippen LogP contribution in [0.2, 0.25) is 0 Å². The van der Waals surface area contributed by atoms with Gasteiger partial charge in [0.25, 0.3) is 5.91 Å². The van der Waals surface area contributed by atoms with Gasteiger partial charge in [-0.2, -0.15) is 11.3 Å². The second kappa shape index (κ2) is 6.14. The van der Waals surface area contributed by atoms with Crippen molar-refractivity contribution in [3.05, 3.63) is 57.8 Å². The lowest BCUT2D eigenvalue weighted by Crippen LogP contribution is -2.38. The molecule has 0 aliphatic carbocycles. The Balaban J connectivity index is 1.81. The summed E-state index contributed by atoms with van der Waals surface area (Å²) in [5, 5.41) is 6.65. The molecule has 1 aliphatic heterocycles. The molecule has 2 aromatic rings. The minimum Gasteiger partial charge on any atom is -0.347 e. The zero-order valence-electron chi connectivity index (χ0n) is 12.1. The van der Waals surface area contributed by atoms with E-state index in [2.05, 4.69) is 5.32 Å². The van der Waals surface area contributed by atoms with Crippen molar-refractivity contribution in [3.8, 4) is 0 Å². The molecule has 3 nitrogen and oxygen atoms in total. The van der Waals surface area contributed by atoms with Crippen LogP contribution in [-0.4, -0.2) is 30.4 Å². The Kier molecular flexibility index (Phi) is 4.22. The van der Waals surface area contributed by atoms with Gasteiger partial charge in [0.15, 0.2) is 11.6 Å². The van der Waals surface area contributed by atoms with E-state index >= 15 is 0 Å². The SMILES string of the molecule is CN1CC[C@H](NC(=O)c2ccsc2)[C@H]1c1ccc(F)c(F)c1. The first kappa shape index (κ1) is 15.1. The van der Waals surface area contributed by atoms with E-state index in [0.717, 1.165) is 19.0 Å². The van der Waals surface area contributed by atoms with Crippen LogP contribution in [-0.2, 0) is 0 Å². The summed E-state index contributed by atoms with van der Waals surface area (Å²) in [6.07, 6.45) is 0.774. The summed E-state index contributed by atoms with van der Waals surface area (Å²) in [5.41, 5.74) is 1.30. The number of halogens is 2. The van der Waals surface area contributed by atoms with Gasteiger partial charge in [-0.15, -0.1) is 0 Å². The number of carbonyl (C=O) groups excluding carboxylic acids is 1. The van der Waals surface area contributed by atoms with Crippen molar-refractivity contribution in [2.24, 2.45) is 0 Å². The van der Waals surface area contributed by atoms with E-state index in [-0.39, 0.29) is 18.0 Å². The van der Waals surface area contributed by atoms with Crippen molar-refractivity contribution in [3.63, 3.8) is 0 Å². The van der Waals surface area contributed by atoms with Gasteiger partial charge in [-0.05, 0) is 42.6 Å². The first-order chi connectivity index (χ1) is 10.6. The molecule has 1 amide bonds. The lowest BCUT2D eigenvalue weighted by molar-refractivity contribution is 0.0928. The van der Waals surface area contributed by atoms with Crippen molar-refractivity contribution in [2.45, 2.75) is 18.5 Å². The molecule has 0 unspecified atom stereocenters. The summed E-state index contributed by atoms with van der Waals surface area (Å²) in [6, 6.07) is 5.42. The molecule has 116 valence electrons. The van der Waals surface area contributed by atoms with Gasteiger partial charge in [0.2, 0.25) is 0 Å². The Labute approximate surface area is 131 Å². The van der Waals surface area contributed by atoms with Crippen molar-refractivity contribution in [1.82, 2.24) is 10.2 Å². The second-order valence-corrected chi connectivity index (χ2v) is 6.26. The third-order valence-electron chi connectivity index (χ3n) is 4.03. The van der Waals surface area contributed by atoms with E-state index in [1.54, 1.807) is 17.5 Å². The Bertz CT molecular complexity index is 675. The highest BCUT2D eigenvalue weighted by molar-refractivity contribution is 7.08. The third-order valence-corrected chi connectivity index (χ3v) is 4.72. The predicted molar refractivity (Wildman–Crippen MR) is 81.9 cm³/mol. The van der Waals surface area contributed by atoms with Crippen molar-refractivity contribution < 1.29 is 13.6 Å². The summed E-state index contributed by atoms with van der Waals surface area (Å²) in [6.45, 7) is 0.790. The molecule has 0 radical (unpaired) electrons. The molecule has 3 rings (SSSR count). The molecular weight excluding hydrogens is 306 g/mol. The number of rotatable bonds is 3. The van der Waals surface area contributed by atoms with E-state index in [4.69, 9.17) is 0 Å². The smallest absolute Gasteiger partial charge is 0.252 e. The standard InChI is InChI=1S/C16H16F2N2OS/c1-20-6-4-14(19-16(21)11-5-7-22-9-11)15(20)10-2-3-12(17)13(18)8-10/h2-3,5,7-9,14-15H,4,6H2,1H3,(H,19,21)/t14-,15+/m0/s1. The fourth-order valence-corrected chi connectivity index (χ4v) is 3.56. The highest BCUT2D eigenvalue weighted by atomic mass is 32.1. The molecule has 1 aromatic heterocycles. The summed E-state index contributed by atoms with van der Waals surface area (Å²) in [4.78, 5) is 14.3. The van der Waals surface area contributed by atoms with Crippen LogP contribution in [0.3, 0.4) is 0 Å². The number of likely N-dealkylation sites (N-methyl/N-ethyl adjacent to an activating group) is 1. The van der Waals surface area contributed by atoms with Gasteiger partial charge in [-0.25, -0.2) is 8.78 Å². The Morgan fingerprint density at radius 3 is 2.82 bits per heavy atom. The monoisotopic (exact) mass is 322 g/mol. The Morgan fingerprint density at radius 1 is 1.32 bits per heavy atom. The molecule has 1 aromatic carbocycles. The average molecular weight is 322 g/mol. The van der Waals surface area contributed by atoms with Gasteiger partial charge >= 0.3 is 0 Å². The summed E-state index contributed by atoms with van der Waals surface area (Å²) < 4.78 is 26.6. The Morgan fingerprint density at radius 2 is 2.14 bits per heavy atom. The highest BCUT2D eigenvalue weighted by Gasteiger charge is 2.34. The maximum Gasteiger partial charge on any atom is 0.252 e. The average Bonchev–Trinajstić information content (AvgIpc) is 3.13. The zero-order valence-corrected chi connectivity index (χ0v) is 12.9. The minimum atomic E-state index is -0.860. The number of nitrogens with one attached hydrogen (secondary N) is 1. The van der Waals surface area contributed by atoms with Crippen LogP contribution in [0.5, 0.6) is 0 Å². The minimum absolute atomic E-state index is 0.123. The maximum absolute atomic E-state index is 13.5. The molecule has 1 aliphatic rings. The molecule has 1 fully saturated rings. The van der Waals surface area contributed by atoms with Crippen LogP contribution in [0.25, 0.3) is 0 Å². The topological polar surface area (TPSA) is 32.3 Å². The number of hydrogen-bond acceptors (Lipinski definition) is 3. The molecule has 1 N–H and O–H groups in total. The molecule has 1 saturated heterocycles. The zero-order chi connectivity index (χ0) is 15.7. The molecule has 6 heteroatoms. The van der Waals surface area contributed by atoms with E-state index < -0.39 is 11.6 Å². The number of likely N-dealkylation sites (tertiary alicyclic amines) is 1. The second-order valence-electron chi connectivity index (χ2n) is 5.48. The van der Waals surface area contributed by atoms with Crippen LogP contribution >= 0.6 is 11.3 Å². The fraction of sp³-hybridized carbons (Fsp3) is 0.312. The molecule has 22 heavy (non-hydrogen) atoms. The first-order valence-electron chi connectivity index (χ1n) is 7.04. The number of amides is 1. The summed E-state index contributed by atoms with van der Waals surface area (Å²) >= 11 is 1.46. The molecule has 2 heterocycles. The number of carbonyl (C=O) groups is 1. The van der Waals surface area contributed by atoms with E-state index in [1.807, 2.05) is 17.3 Å². The molecule has 0 spiro atoms. The summed E-state index contributed by atoms with van der Waals surface area (Å²) in [7, 11) is 1.92. The van der Waals surface area contributed by atoms with Crippen LogP contribution < -0.4 is 5.32 Å². The lowest BCUT2D eigenvalue weighted by atomic mass is 9.99. The van der Waals surface area contributed by atoms with Gasteiger partial charge in [-0.3, -0.25) is 9.69 Å². The van der Waals surface area contributed by atoms with Crippen LogP contribution in [0.15, 0.2) is 35.0 Å². The van der Waals surface area contributed by atoms with Gasteiger partial charge < -0.3 is 5.32 Å². The summed E-state index contributed by atoms with van der Waals surface area (Å²) in [5.74, 6) is -1.85. The third kappa shape index (κ3) is 2.89. The number of nitrogens with zero attached hydrogens (tertiary/aromatic N) is 1. The molecular formula is C16H16F2N2OS. The number of benzene rings is 1. The van der Waals surface area contributed by atoms with Crippen molar-refractivity contribution in [2.75, 3.05) is 13.6 Å². The van der Waals surface area contributed by atoms with E-state index in [0.29, 0.717) is 11.1 Å². The number of thiophene rings is 1. The molecule has 2 atom stereocenters. The maximum atomic E-state index is 13.5. The number of hydrogen-bond donors (Lipinski definition) is 1. The predicted octanol–water partition coefficient (Wildman–Crippen LogP) is 3.20. The van der Waals surface area contributed by atoms with Gasteiger partial charge in [-0.1, -0.05) is 6.07 Å². The van der Waals surface area contributed by atoms with Gasteiger partial charge in [0.05, 0.1) is 12.1 Å². The molecule has 0 saturated carbocycles. The van der Waals surface area contributed by atoms with Crippen molar-refractivity contribution in [1.29, 1.82) is 0 Å². The van der Waals surface area contributed by atoms with Gasteiger partial charge in [0.1, 0.15) is 0 Å². The van der Waals surface area contributed by atoms with Crippen LogP contribution in [0.4, 0.5) is 8.78 Å². The van der Waals surface area contributed by atoms with Crippen molar-refractivity contribution >= 4 is 17.2 Å². The molecule has 0 bridgehead atoms. The van der Waals surface area contributed by atoms with Gasteiger partial charge in [0, 0.05) is 17.5 Å². The van der Waals surface area contributed by atoms with Crippen LogP contribution in [0, 0.1) is 11.6 Å². The lowest BCUT2D eigenvalue weighted by Gasteiger charge is -2.26. The van der Waals surface area contributed by atoms with Crippen LogP contribution in [0.1, 0.15) is 28.4 Å². The van der Waals surface area contributed by atoms with E-state index in [1.165, 1.54) is 17.4 Å². The Hall–Kier alpha value is -1.79. The first-order valence-corrected chi connectivity index (χ1v) is 7.99. The van der Waals surface area contributed by atoms with E-state index in [9.17, 15) is 13.6 Å².